The highest BCUT2D eigenvalue weighted by Crippen LogP contribution is 2.27. The van der Waals surface area contributed by atoms with Gasteiger partial charge in [0.25, 0.3) is 0 Å². The van der Waals surface area contributed by atoms with Crippen molar-refractivity contribution < 1.29 is 4.74 Å². The molecule has 5 nitrogen and oxygen atoms in total. The Kier molecular flexibility index (Phi) is 2.67. The second-order valence-electron chi connectivity index (χ2n) is 4.41. The highest BCUT2D eigenvalue weighted by Gasteiger charge is 2.08. The maximum atomic E-state index is 5.29. The van der Waals surface area contributed by atoms with Crippen molar-refractivity contribution in [1.82, 2.24) is 19.7 Å². The van der Waals surface area contributed by atoms with Gasteiger partial charge >= 0.3 is 0 Å². The summed E-state index contributed by atoms with van der Waals surface area (Å²) in [4.78, 5) is 8.74. The lowest BCUT2D eigenvalue weighted by molar-refractivity contribution is 0.401. The molecule has 1 aromatic carbocycles. The third-order valence-corrected chi connectivity index (χ3v) is 3.01. The molecule has 2 heterocycles. The topological polar surface area (TPSA) is 52.8 Å². The van der Waals surface area contributed by atoms with Crippen LogP contribution in [0.4, 0.5) is 0 Å². The first-order valence-corrected chi connectivity index (χ1v) is 5.99. The average Bonchev–Trinajstić information content (AvgIpc) is 2.83. The van der Waals surface area contributed by atoms with Gasteiger partial charge in [-0.05, 0) is 24.6 Å². The number of aryl methyl sites for hydroxylation is 2. The van der Waals surface area contributed by atoms with Crippen molar-refractivity contribution >= 4 is 10.9 Å². The van der Waals surface area contributed by atoms with Crippen LogP contribution in [-0.4, -0.2) is 26.9 Å². The smallest absolute Gasteiger partial charge is 0.224 e. The largest absolute Gasteiger partial charge is 0.480 e. The SMILES string of the molecule is COc1nc(C)nc2cc(-c3cnn(C)c3)ccc12. The van der Waals surface area contributed by atoms with Gasteiger partial charge in [-0.25, -0.2) is 4.98 Å². The summed E-state index contributed by atoms with van der Waals surface area (Å²) in [6, 6.07) is 6.04. The molecular weight excluding hydrogens is 240 g/mol. The molecule has 0 bridgehead atoms. The van der Waals surface area contributed by atoms with Crippen molar-refractivity contribution in [2.45, 2.75) is 6.92 Å². The van der Waals surface area contributed by atoms with E-state index in [9.17, 15) is 0 Å². The lowest BCUT2D eigenvalue weighted by Gasteiger charge is -2.06. The first kappa shape index (κ1) is 11.6. The number of aromatic nitrogens is 4. The summed E-state index contributed by atoms with van der Waals surface area (Å²) in [5, 5.41) is 5.10. The van der Waals surface area contributed by atoms with Gasteiger partial charge in [0, 0.05) is 18.8 Å². The lowest BCUT2D eigenvalue weighted by atomic mass is 10.1. The summed E-state index contributed by atoms with van der Waals surface area (Å²) in [6.45, 7) is 1.86. The predicted molar refractivity (Wildman–Crippen MR) is 73.0 cm³/mol. The zero-order valence-corrected chi connectivity index (χ0v) is 11.1. The zero-order chi connectivity index (χ0) is 13.4. The van der Waals surface area contributed by atoms with Gasteiger partial charge in [-0.15, -0.1) is 0 Å². The van der Waals surface area contributed by atoms with Crippen LogP contribution in [0.2, 0.25) is 0 Å². The fraction of sp³-hybridized carbons (Fsp3) is 0.214. The standard InChI is InChI=1S/C14H14N4O/c1-9-16-13-6-10(11-7-15-18(2)8-11)4-5-12(13)14(17-9)19-3/h4-8H,1-3H3. The Morgan fingerprint density at radius 2 is 2.00 bits per heavy atom. The minimum atomic E-state index is 0.611. The average molecular weight is 254 g/mol. The molecule has 0 aliphatic rings. The molecule has 0 saturated carbocycles. The van der Waals surface area contributed by atoms with Crippen LogP contribution in [0.15, 0.2) is 30.6 Å². The van der Waals surface area contributed by atoms with Crippen LogP contribution in [0.5, 0.6) is 5.88 Å². The van der Waals surface area contributed by atoms with Crippen molar-refractivity contribution in [3.63, 3.8) is 0 Å². The molecule has 5 heteroatoms. The second-order valence-corrected chi connectivity index (χ2v) is 4.41. The number of hydrogen-bond acceptors (Lipinski definition) is 4. The Labute approximate surface area is 110 Å². The van der Waals surface area contributed by atoms with Gasteiger partial charge in [0.05, 0.1) is 24.2 Å². The highest BCUT2D eigenvalue weighted by atomic mass is 16.5. The minimum Gasteiger partial charge on any atom is -0.480 e. The summed E-state index contributed by atoms with van der Waals surface area (Å²) in [5.41, 5.74) is 3.03. The molecule has 96 valence electrons. The van der Waals surface area contributed by atoms with E-state index in [4.69, 9.17) is 4.74 Å². The minimum absolute atomic E-state index is 0.611. The van der Waals surface area contributed by atoms with Gasteiger partial charge in [0.2, 0.25) is 5.88 Å². The molecule has 0 amide bonds. The first-order valence-electron chi connectivity index (χ1n) is 5.99. The molecule has 0 fully saturated rings. The molecule has 0 spiro atoms. The Hall–Kier alpha value is -2.43. The zero-order valence-electron chi connectivity index (χ0n) is 11.1. The quantitative estimate of drug-likeness (QED) is 0.704. The number of ether oxygens (including phenoxy) is 1. The van der Waals surface area contributed by atoms with Crippen molar-refractivity contribution in [3.8, 4) is 17.0 Å². The van der Waals surface area contributed by atoms with Gasteiger partial charge < -0.3 is 4.74 Å². The van der Waals surface area contributed by atoms with Crippen LogP contribution in [0.3, 0.4) is 0 Å². The molecule has 19 heavy (non-hydrogen) atoms. The van der Waals surface area contributed by atoms with E-state index in [1.165, 1.54) is 0 Å². The number of benzene rings is 1. The van der Waals surface area contributed by atoms with E-state index in [-0.39, 0.29) is 0 Å². The van der Waals surface area contributed by atoms with Gasteiger partial charge in [0.1, 0.15) is 5.82 Å². The van der Waals surface area contributed by atoms with E-state index in [0.717, 1.165) is 22.0 Å². The Morgan fingerprint density at radius 3 is 2.68 bits per heavy atom. The molecule has 0 aliphatic carbocycles. The number of nitrogens with zero attached hydrogens (tertiary/aromatic N) is 4. The lowest BCUT2D eigenvalue weighted by Crippen LogP contribution is -1.95. The molecular formula is C14H14N4O. The molecule has 0 unspecified atom stereocenters. The molecule has 3 rings (SSSR count). The van der Waals surface area contributed by atoms with Crippen LogP contribution in [0.1, 0.15) is 5.82 Å². The molecule has 0 atom stereocenters. The van der Waals surface area contributed by atoms with Gasteiger partial charge in [-0.3, -0.25) is 4.68 Å². The summed E-state index contributed by atoms with van der Waals surface area (Å²) in [6.07, 6.45) is 3.82. The summed E-state index contributed by atoms with van der Waals surface area (Å²) >= 11 is 0. The van der Waals surface area contributed by atoms with E-state index in [2.05, 4.69) is 15.1 Å². The van der Waals surface area contributed by atoms with Crippen LogP contribution in [0, 0.1) is 6.92 Å². The third kappa shape index (κ3) is 2.03. The van der Waals surface area contributed by atoms with E-state index in [1.807, 2.05) is 44.6 Å². The third-order valence-electron chi connectivity index (χ3n) is 3.01. The van der Waals surface area contributed by atoms with Crippen molar-refractivity contribution in [2.75, 3.05) is 7.11 Å². The summed E-state index contributed by atoms with van der Waals surface area (Å²) in [7, 11) is 3.52. The first-order chi connectivity index (χ1) is 9.17. The molecule has 0 N–H and O–H groups in total. The molecule has 0 saturated heterocycles. The predicted octanol–water partition coefficient (Wildman–Crippen LogP) is 2.35. The van der Waals surface area contributed by atoms with Crippen molar-refractivity contribution in [2.24, 2.45) is 7.05 Å². The fourth-order valence-electron chi connectivity index (χ4n) is 2.12. The van der Waals surface area contributed by atoms with Gasteiger partial charge in [-0.2, -0.15) is 10.1 Å². The fourth-order valence-corrected chi connectivity index (χ4v) is 2.12. The number of hydrogen-bond donors (Lipinski definition) is 0. The van der Waals surface area contributed by atoms with Crippen LogP contribution in [0.25, 0.3) is 22.0 Å². The maximum absolute atomic E-state index is 5.29. The van der Waals surface area contributed by atoms with E-state index in [0.29, 0.717) is 11.7 Å². The number of methoxy groups -OCH3 is 1. The summed E-state index contributed by atoms with van der Waals surface area (Å²) in [5.74, 6) is 1.31. The Morgan fingerprint density at radius 1 is 1.16 bits per heavy atom. The van der Waals surface area contributed by atoms with Crippen LogP contribution in [-0.2, 0) is 7.05 Å². The van der Waals surface area contributed by atoms with Gasteiger partial charge in [-0.1, -0.05) is 6.07 Å². The number of rotatable bonds is 2. The number of fused-ring (bicyclic) bond motifs is 1. The monoisotopic (exact) mass is 254 g/mol. The van der Waals surface area contributed by atoms with Gasteiger partial charge in [0.15, 0.2) is 0 Å². The Bertz CT molecular complexity index is 748. The van der Waals surface area contributed by atoms with E-state index < -0.39 is 0 Å². The maximum Gasteiger partial charge on any atom is 0.224 e. The highest BCUT2D eigenvalue weighted by molar-refractivity contribution is 5.87. The molecule has 0 aliphatic heterocycles. The van der Waals surface area contributed by atoms with Crippen LogP contribution >= 0.6 is 0 Å². The summed E-state index contributed by atoms with van der Waals surface area (Å²) < 4.78 is 7.07. The van der Waals surface area contributed by atoms with E-state index in [1.54, 1.807) is 11.8 Å². The molecule has 0 radical (unpaired) electrons. The second kappa shape index (κ2) is 4.35. The van der Waals surface area contributed by atoms with Crippen LogP contribution < -0.4 is 4.74 Å². The van der Waals surface area contributed by atoms with Crippen molar-refractivity contribution in [3.05, 3.63) is 36.4 Å². The molecule has 3 aromatic rings. The Balaban J connectivity index is 2.20. The normalized spacial score (nSPS) is 10.9. The molecule has 2 aromatic heterocycles. The van der Waals surface area contributed by atoms with Crippen molar-refractivity contribution in [1.29, 1.82) is 0 Å². The van der Waals surface area contributed by atoms with E-state index >= 15 is 0 Å².